The van der Waals surface area contributed by atoms with Crippen LogP contribution >= 0.6 is 0 Å². The first-order valence-corrected chi connectivity index (χ1v) is 6.87. The van der Waals surface area contributed by atoms with Gasteiger partial charge in [0.05, 0.1) is 18.1 Å². The molecule has 0 saturated heterocycles. The van der Waals surface area contributed by atoms with Crippen LogP contribution in [0.1, 0.15) is 26.3 Å². The number of hydrogen-bond acceptors (Lipinski definition) is 4. The lowest BCUT2D eigenvalue weighted by Crippen LogP contribution is -2.33. The Morgan fingerprint density at radius 1 is 1.38 bits per heavy atom. The Morgan fingerprint density at radius 2 is 2.14 bits per heavy atom. The zero-order chi connectivity index (χ0) is 15.5. The highest BCUT2D eigenvalue weighted by atomic mass is 16.6. The van der Waals surface area contributed by atoms with Gasteiger partial charge in [0.1, 0.15) is 5.60 Å². The van der Waals surface area contributed by atoms with Crippen molar-refractivity contribution in [1.82, 2.24) is 15.3 Å². The van der Waals surface area contributed by atoms with Crippen LogP contribution < -0.4 is 10.1 Å². The number of methoxy groups -OCH3 is 1. The van der Waals surface area contributed by atoms with Gasteiger partial charge in [-0.3, -0.25) is 0 Å². The van der Waals surface area contributed by atoms with Gasteiger partial charge in [-0.05, 0) is 38.8 Å². The number of amides is 1. The number of fused-ring (bicyclic) bond motifs is 1. The minimum Gasteiger partial charge on any atom is -0.481 e. The second-order valence-electron chi connectivity index (χ2n) is 5.74. The Balaban J connectivity index is 1.96. The van der Waals surface area contributed by atoms with E-state index >= 15 is 0 Å². The molecule has 2 rings (SSSR count). The van der Waals surface area contributed by atoms with Crippen LogP contribution in [-0.4, -0.2) is 35.3 Å². The van der Waals surface area contributed by atoms with E-state index in [0.29, 0.717) is 18.8 Å². The van der Waals surface area contributed by atoms with E-state index in [4.69, 9.17) is 9.47 Å². The quantitative estimate of drug-likeness (QED) is 0.908. The van der Waals surface area contributed by atoms with Crippen molar-refractivity contribution in [3.8, 4) is 5.88 Å². The van der Waals surface area contributed by atoms with Gasteiger partial charge in [-0.25, -0.2) is 9.78 Å². The number of H-pyrrole nitrogens is 1. The average molecular weight is 291 g/mol. The van der Waals surface area contributed by atoms with Gasteiger partial charge in [0, 0.05) is 18.8 Å². The summed E-state index contributed by atoms with van der Waals surface area (Å²) in [5.41, 5.74) is 2.35. The van der Waals surface area contributed by atoms with Crippen LogP contribution in [0, 0.1) is 0 Å². The molecule has 0 aliphatic heterocycles. The lowest BCUT2D eigenvalue weighted by molar-refractivity contribution is 0.0528. The summed E-state index contributed by atoms with van der Waals surface area (Å²) in [6, 6.07) is 3.73. The maximum absolute atomic E-state index is 11.6. The number of nitrogens with one attached hydrogen (secondary N) is 2. The molecular formula is C15H21N3O3. The minimum absolute atomic E-state index is 0.409. The first-order valence-electron chi connectivity index (χ1n) is 6.87. The molecule has 6 heteroatoms. The molecule has 21 heavy (non-hydrogen) atoms. The lowest BCUT2D eigenvalue weighted by Gasteiger charge is -2.19. The molecule has 0 bridgehead atoms. The normalized spacial score (nSPS) is 11.4. The van der Waals surface area contributed by atoms with Crippen molar-refractivity contribution in [2.75, 3.05) is 13.7 Å². The summed E-state index contributed by atoms with van der Waals surface area (Å²) >= 11 is 0. The maximum Gasteiger partial charge on any atom is 0.407 e. The predicted octanol–water partition coefficient (Wildman–Crippen LogP) is 2.64. The second-order valence-corrected chi connectivity index (χ2v) is 5.74. The SMILES string of the molecule is COc1ccc2[nH]cc(CCNC(=O)OC(C)(C)C)c2n1. The zero-order valence-corrected chi connectivity index (χ0v) is 12.8. The molecule has 114 valence electrons. The van der Waals surface area contributed by atoms with Gasteiger partial charge in [0.25, 0.3) is 0 Å². The number of carbonyl (C=O) groups excluding carboxylic acids is 1. The predicted molar refractivity (Wildman–Crippen MR) is 80.6 cm³/mol. The van der Waals surface area contributed by atoms with Crippen LogP contribution in [0.3, 0.4) is 0 Å². The Labute approximate surface area is 123 Å². The fourth-order valence-electron chi connectivity index (χ4n) is 1.95. The number of rotatable bonds is 4. The summed E-state index contributed by atoms with van der Waals surface area (Å²) in [6.45, 7) is 5.99. The third-order valence-corrected chi connectivity index (χ3v) is 2.85. The van der Waals surface area contributed by atoms with E-state index < -0.39 is 11.7 Å². The Morgan fingerprint density at radius 3 is 2.81 bits per heavy atom. The third kappa shape index (κ3) is 4.11. The summed E-state index contributed by atoms with van der Waals surface area (Å²) < 4.78 is 10.3. The number of carbonyl (C=O) groups is 1. The summed E-state index contributed by atoms with van der Waals surface area (Å²) in [7, 11) is 1.59. The number of alkyl carbamates (subject to hydrolysis) is 1. The fourth-order valence-corrected chi connectivity index (χ4v) is 1.95. The van der Waals surface area contributed by atoms with E-state index in [9.17, 15) is 4.79 Å². The van der Waals surface area contributed by atoms with Crippen molar-refractivity contribution < 1.29 is 14.3 Å². The molecule has 0 saturated carbocycles. The number of pyridine rings is 1. The van der Waals surface area contributed by atoms with E-state index in [1.807, 2.05) is 39.1 Å². The smallest absolute Gasteiger partial charge is 0.407 e. The fraction of sp³-hybridized carbons (Fsp3) is 0.467. The molecule has 0 aliphatic rings. The first-order chi connectivity index (χ1) is 9.89. The van der Waals surface area contributed by atoms with E-state index in [-0.39, 0.29) is 0 Å². The van der Waals surface area contributed by atoms with Crippen LogP contribution in [0.2, 0.25) is 0 Å². The van der Waals surface area contributed by atoms with Gasteiger partial charge >= 0.3 is 6.09 Å². The molecule has 0 atom stereocenters. The summed E-state index contributed by atoms with van der Waals surface area (Å²) in [5, 5.41) is 2.74. The van der Waals surface area contributed by atoms with E-state index in [0.717, 1.165) is 16.6 Å². The molecule has 0 aliphatic carbocycles. The average Bonchev–Trinajstić information content (AvgIpc) is 2.79. The molecule has 0 aromatic carbocycles. The molecule has 2 N–H and O–H groups in total. The molecule has 0 radical (unpaired) electrons. The number of aromatic amines is 1. The van der Waals surface area contributed by atoms with Crippen molar-refractivity contribution in [3.05, 3.63) is 23.9 Å². The summed E-state index contributed by atoms with van der Waals surface area (Å²) in [6.07, 6.45) is 2.15. The van der Waals surface area contributed by atoms with Crippen molar-refractivity contribution in [2.24, 2.45) is 0 Å². The van der Waals surface area contributed by atoms with E-state index in [1.54, 1.807) is 7.11 Å². The Hall–Kier alpha value is -2.24. The van der Waals surface area contributed by atoms with Gasteiger partial charge in [0.2, 0.25) is 5.88 Å². The van der Waals surface area contributed by atoms with Gasteiger partial charge in [-0.2, -0.15) is 0 Å². The second kappa shape index (κ2) is 6.03. The molecule has 0 fully saturated rings. The minimum atomic E-state index is -0.486. The molecule has 2 aromatic heterocycles. The van der Waals surface area contributed by atoms with Gasteiger partial charge in [0.15, 0.2) is 0 Å². The number of nitrogens with zero attached hydrogens (tertiary/aromatic N) is 1. The molecule has 0 unspecified atom stereocenters. The largest absolute Gasteiger partial charge is 0.481 e. The van der Waals surface area contributed by atoms with Gasteiger partial charge < -0.3 is 19.8 Å². The van der Waals surface area contributed by atoms with Gasteiger partial charge in [-0.1, -0.05) is 0 Å². The monoisotopic (exact) mass is 291 g/mol. The third-order valence-electron chi connectivity index (χ3n) is 2.85. The molecular weight excluding hydrogens is 270 g/mol. The molecule has 2 aromatic rings. The van der Waals surface area contributed by atoms with E-state index in [1.165, 1.54) is 0 Å². The van der Waals surface area contributed by atoms with Crippen LogP contribution in [0.15, 0.2) is 18.3 Å². The Kier molecular flexibility index (Phi) is 4.35. The molecule has 0 spiro atoms. The highest BCUT2D eigenvalue weighted by Gasteiger charge is 2.15. The molecule has 6 nitrogen and oxygen atoms in total. The van der Waals surface area contributed by atoms with Crippen molar-refractivity contribution in [3.63, 3.8) is 0 Å². The Bertz CT molecular complexity index is 629. The lowest BCUT2D eigenvalue weighted by atomic mass is 10.2. The van der Waals surface area contributed by atoms with E-state index in [2.05, 4.69) is 15.3 Å². The zero-order valence-electron chi connectivity index (χ0n) is 12.8. The highest BCUT2D eigenvalue weighted by Crippen LogP contribution is 2.19. The number of aromatic nitrogens is 2. The van der Waals surface area contributed by atoms with Crippen molar-refractivity contribution in [2.45, 2.75) is 32.8 Å². The van der Waals surface area contributed by atoms with Crippen LogP contribution in [-0.2, 0) is 11.2 Å². The number of hydrogen-bond donors (Lipinski definition) is 2. The highest BCUT2D eigenvalue weighted by molar-refractivity contribution is 5.79. The van der Waals surface area contributed by atoms with Crippen LogP contribution in [0.4, 0.5) is 4.79 Å². The van der Waals surface area contributed by atoms with Crippen molar-refractivity contribution >= 4 is 17.1 Å². The maximum atomic E-state index is 11.6. The summed E-state index contributed by atoms with van der Waals surface area (Å²) in [5.74, 6) is 0.573. The van der Waals surface area contributed by atoms with Crippen LogP contribution in [0.25, 0.3) is 11.0 Å². The van der Waals surface area contributed by atoms with Gasteiger partial charge in [-0.15, -0.1) is 0 Å². The topological polar surface area (TPSA) is 76.2 Å². The standard InChI is InChI=1S/C15H21N3O3/c1-15(2,3)21-14(19)16-8-7-10-9-17-11-5-6-12(20-4)18-13(10)11/h5-6,9,17H,7-8H2,1-4H3,(H,16,19). The van der Waals surface area contributed by atoms with Crippen molar-refractivity contribution in [1.29, 1.82) is 0 Å². The molecule has 1 amide bonds. The molecule has 2 heterocycles. The number of ether oxygens (including phenoxy) is 2. The first kappa shape index (κ1) is 15.2. The van der Waals surface area contributed by atoms with Crippen LogP contribution in [0.5, 0.6) is 5.88 Å². The summed E-state index contributed by atoms with van der Waals surface area (Å²) in [4.78, 5) is 19.1.